The molecule has 0 aliphatic heterocycles. The summed E-state index contributed by atoms with van der Waals surface area (Å²) in [6, 6.07) is 13.6. The number of hydrogen-bond donors (Lipinski definition) is 1. The molecule has 0 spiro atoms. The molecule has 1 unspecified atom stereocenters. The van der Waals surface area contributed by atoms with E-state index in [0.29, 0.717) is 23.2 Å². The van der Waals surface area contributed by atoms with Crippen molar-refractivity contribution in [2.75, 3.05) is 0 Å². The Balaban J connectivity index is 2.03. The summed E-state index contributed by atoms with van der Waals surface area (Å²) in [5.41, 5.74) is 4.22. The lowest BCUT2D eigenvalue weighted by molar-refractivity contribution is 0.570. The van der Waals surface area contributed by atoms with Crippen molar-refractivity contribution < 1.29 is 4.39 Å². The Morgan fingerprint density at radius 2 is 1.71 bits per heavy atom. The molecule has 0 saturated carbocycles. The van der Waals surface area contributed by atoms with Crippen molar-refractivity contribution in [3.63, 3.8) is 0 Å². The maximum atomic E-state index is 13.6. The minimum absolute atomic E-state index is 0.126. The number of hydrogen-bond acceptors (Lipinski definition) is 2. The van der Waals surface area contributed by atoms with Gasteiger partial charge in [-0.1, -0.05) is 24.3 Å². The number of nitrogens with one attached hydrogen (secondary N) is 1. The average molecular weight is 282 g/mol. The fourth-order valence-electron chi connectivity index (χ4n) is 2.37. The van der Waals surface area contributed by atoms with Crippen molar-refractivity contribution in [1.29, 1.82) is 5.26 Å². The van der Waals surface area contributed by atoms with Crippen LogP contribution in [0.1, 0.15) is 40.8 Å². The van der Waals surface area contributed by atoms with E-state index in [-0.39, 0.29) is 11.9 Å². The highest BCUT2D eigenvalue weighted by Gasteiger charge is 2.07. The quantitative estimate of drug-likeness (QED) is 0.913. The number of benzene rings is 2. The Bertz CT molecular complexity index is 646. The van der Waals surface area contributed by atoms with Gasteiger partial charge in [-0.2, -0.15) is 5.26 Å². The molecule has 0 aromatic heterocycles. The third-order valence-corrected chi connectivity index (χ3v) is 3.65. The predicted molar refractivity (Wildman–Crippen MR) is 82.3 cm³/mol. The Kier molecular flexibility index (Phi) is 4.72. The normalized spacial score (nSPS) is 12.0. The number of rotatable bonds is 4. The Labute approximate surface area is 125 Å². The van der Waals surface area contributed by atoms with Gasteiger partial charge in [0, 0.05) is 12.6 Å². The Hall–Kier alpha value is -2.18. The molecule has 0 fully saturated rings. The van der Waals surface area contributed by atoms with Crippen molar-refractivity contribution in [3.8, 4) is 6.07 Å². The highest BCUT2D eigenvalue weighted by molar-refractivity contribution is 5.33. The fourth-order valence-corrected chi connectivity index (χ4v) is 2.37. The van der Waals surface area contributed by atoms with E-state index in [0.717, 1.165) is 11.1 Å². The SMILES string of the molecule is Cc1cc(CNC(C)c2ccc(C#N)cc2)cc(C)c1F. The average Bonchev–Trinajstić information content (AvgIpc) is 2.50. The molecule has 21 heavy (non-hydrogen) atoms. The molecule has 0 heterocycles. The largest absolute Gasteiger partial charge is 0.306 e. The summed E-state index contributed by atoms with van der Waals surface area (Å²) in [5, 5.41) is 12.2. The number of nitrogens with zero attached hydrogens (tertiary/aromatic N) is 1. The van der Waals surface area contributed by atoms with Gasteiger partial charge in [-0.05, 0) is 55.2 Å². The van der Waals surface area contributed by atoms with Crippen LogP contribution in [-0.2, 0) is 6.54 Å². The van der Waals surface area contributed by atoms with Crippen LogP contribution in [0.2, 0.25) is 0 Å². The van der Waals surface area contributed by atoms with E-state index >= 15 is 0 Å². The molecule has 0 radical (unpaired) electrons. The van der Waals surface area contributed by atoms with E-state index in [9.17, 15) is 4.39 Å². The summed E-state index contributed by atoms with van der Waals surface area (Å²) >= 11 is 0. The molecule has 3 heteroatoms. The molecule has 1 N–H and O–H groups in total. The fraction of sp³-hybridized carbons (Fsp3) is 0.278. The summed E-state index contributed by atoms with van der Waals surface area (Å²) in [7, 11) is 0. The van der Waals surface area contributed by atoms with Crippen LogP contribution in [0.4, 0.5) is 4.39 Å². The number of nitriles is 1. The summed E-state index contributed by atoms with van der Waals surface area (Å²) in [6.07, 6.45) is 0. The second kappa shape index (κ2) is 6.51. The zero-order chi connectivity index (χ0) is 15.4. The lowest BCUT2D eigenvalue weighted by Crippen LogP contribution is -2.18. The Morgan fingerprint density at radius 3 is 2.24 bits per heavy atom. The van der Waals surface area contributed by atoms with Crippen molar-refractivity contribution in [2.45, 2.75) is 33.4 Å². The lowest BCUT2D eigenvalue weighted by atomic mass is 10.0. The first-order chi connectivity index (χ1) is 10.0. The third kappa shape index (κ3) is 3.68. The van der Waals surface area contributed by atoms with Crippen LogP contribution < -0.4 is 5.32 Å². The van der Waals surface area contributed by atoms with Gasteiger partial charge < -0.3 is 5.32 Å². The molecule has 0 aliphatic rings. The van der Waals surface area contributed by atoms with Gasteiger partial charge in [-0.15, -0.1) is 0 Å². The molecule has 2 aromatic rings. The van der Waals surface area contributed by atoms with Gasteiger partial charge in [0.15, 0.2) is 0 Å². The van der Waals surface area contributed by atoms with Crippen LogP contribution in [0, 0.1) is 31.0 Å². The van der Waals surface area contributed by atoms with E-state index in [1.54, 1.807) is 13.8 Å². The Morgan fingerprint density at radius 1 is 1.14 bits per heavy atom. The molecule has 0 aliphatic carbocycles. The van der Waals surface area contributed by atoms with E-state index in [2.05, 4.69) is 18.3 Å². The van der Waals surface area contributed by atoms with Gasteiger partial charge in [0.05, 0.1) is 11.6 Å². The minimum Gasteiger partial charge on any atom is -0.306 e. The van der Waals surface area contributed by atoms with Crippen LogP contribution in [-0.4, -0.2) is 0 Å². The minimum atomic E-state index is -0.126. The van der Waals surface area contributed by atoms with Gasteiger partial charge in [0.1, 0.15) is 5.82 Å². The van der Waals surface area contributed by atoms with Crippen LogP contribution in [0.3, 0.4) is 0 Å². The van der Waals surface area contributed by atoms with Crippen LogP contribution in [0.5, 0.6) is 0 Å². The van der Waals surface area contributed by atoms with Crippen molar-refractivity contribution in [3.05, 3.63) is 70.0 Å². The molecular weight excluding hydrogens is 263 g/mol. The van der Waals surface area contributed by atoms with Gasteiger partial charge >= 0.3 is 0 Å². The first kappa shape index (κ1) is 15.2. The highest BCUT2D eigenvalue weighted by atomic mass is 19.1. The smallest absolute Gasteiger partial charge is 0.129 e. The topological polar surface area (TPSA) is 35.8 Å². The van der Waals surface area contributed by atoms with Crippen molar-refractivity contribution >= 4 is 0 Å². The second-order valence-electron chi connectivity index (χ2n) is 5.38. The predicted octanol–water partition coefficient (Wildman–Crippen LogP) is 4.17. The molecule has 2 aromatic carbocycles. The maximum absolute atomic E-state index is 13.6. The summed E-state index contributed by atoms with van der Waals surface area (Å²) in [4.78, 5) is 0. The van der Waals surface area contributed by atoms with E-state index in [1.165, 1.54) is 0 Å². The van der Waals surface area contributed by atoms with Gasteiger partial charge in [-0.25, -0.2) is 4.39 Å². The number of halogens is 1. The van der Waals surface area contributed by atoms with Crippen LogP contribution >= 0.6 is 0 Å². The van der Waals surface area contributed by atoms with Crippen LogP contribution in [0.25, 0.3) is 0 Å². The second-order valence-corrected chi connectivity index (χ2v) is 5.38. The molecule has 2 rings (SSSR count). The first-order valence-corrected chi connectivity index (χ1v) is 7.00. The van der Waals surface area contributed by atoms with Gasteiger partial charge in [0.25, 0.3) is 0 Å². The molecular formula is C18H19FN2. The van der Waals surface area contributed by atoms with Gasteiger partial charge in [-0.3, -0.25) is 0 Å². The molecule has 0 amide bonds. The number of aryl methyl sites for hydroxylation is 2. The van der Waals surface area contributed by atoms with Crippen molar-refractivity contribution in [2.24, 2.45) is 0 Å². The first-order valence-electron chi connectivity index (χ1n) is 7.00. The summed E-state index contributed by atoms with van der Waals surface area (Å²) in [5.74, 6) is -0.126. The molecule has 108 valence electrons. The van der Waals surface area contributed by atoms with Crippen LogP contribution in [0.15, 0.2) is 36.4 Å². The zero-order valence-corrected chi connectivity index (χ0v) is 12.6. The maximum Gasteiger partial charge on any atom is 0.129 e. The lowest BCUT2D eigenvalue weighted by Gasteiger charge is -2.15. The zero-order valence-electron chi connectivity index (χ0n) is 12.6. The van der Waals surface area contributed by atoms with Gasteiger partial charge in [0.2, 0.25) is 0 Å². The molecule has 1 atom stereocenters. The third-order valence-electron chi connectivity index (χ3n) is 3.65. The van der Waals surface area contributed by atoms with E-state index in [1.807, 2.05) is 36.4 Å². The summed E-state index contributed by atoms with van der Waals surface area (Å²) in [6.45, 7) is 6.33. The molecule has 0 bridgehead atoms. The molecule has 2 nitrogen and oxygen atoms in total. The standard InChI is InChI=1S/C18H19FN2/c1-12-8-16(9-13(2)18(12)19)11-21-14(3)17-6-4-15(10-20)5-7-17/h4-9,14,21H,11H2,1-3H3. The highest BCUT2D eigenvalue weighted by Crippen LogP contribution is 2.17. The molecule has 0 saturated heterocycles. The monoisotopic (exact) mass is 282 g/mol. The van der Waals surface area contributed by atoms with E-state index < -0.39 is 0 Å². The van der Waals surface area contributed by atoms with E-state index in [4.69, 9.17) is 5.26 Å². The summed E-state index contributed by atoms with van der Waals surface area (Å²) < 4.78 is 13.6. The van der Waals surface area contributed by atoms with Crippen molar-refractivity contribution in [1.82, 2.24) is 5.32 Å².